The third-order valence-corrected chi connectivity index (χ3v) is 8.13. The first-order valence-electron chi connectivity index (χ1n) is 13.0. The van der Waals surface area contributed by atoms with Crippen LogP contribution >= 0.6 is 0 Å². The average Bonchev–Trinajstić information content (AvgIpc) is 3.47. The molecule has 3 atom stereocenters. The second-order valence-corrected chi connectivity index (χ2v) is 10.9. The van der Waals surface area contributed by atoms with Crippen molar-refractivity contribution in [3.8, 4) is 11.1 Å². The molecule has 6 nitrogen and oxygen atoms in total. The minimum atomic E-state index is -1.05. The van der Waals surface area contributed by atoms with Gasteiger partial charge in [-0.25, -0.2) is 9.18 Å². The maximum Gasteiger partial charge on any atom is 0.328 e. The van der Waals surface area contributed by atoms with Crippen LogP contribution in [0.15, 0.2) is 67.0 Å². The number of hydrogen-bond donors (Lipinski definition) is 2. The lowest BCUT2D eigenvalue weighted by atomic mass is 9.70. The maximum absolute atomic E-state index is 15.4. The Morgan fingerprint density at radius 3 is 2.58 bits per heavy atom. The first-order valence-corrected chi connectivity index (χ1v) is 13.0. The van der Waals surface area contributed by atoms with Gasteiger partial charge in [0.15, 0.2) is 0 Å². The Labute approximate surface area is 222 Å². The van der Waals surface area contributed by atoms with E-state index in [0.717, 1.165) is 48.6 Å². The van der Waals surface area contributed by atoms with E-state index < -0.39 is 5.97 Å². The summed E-state index contributed by atoms with van der Waals surface area (Å²) in [6.07, 6.45) is 9.80. The molecular formula is C31H32FN3O3. The van der Waals surface area contributed by atoms with Crippen molar-refractivity contribution in [2.75, 3.05) is 24.3 Å². The Bertz CT molecular complexity index is 1390. The second-order valence-electron chi connectivity index (χ2n) is 10.9. The predicted molar refractivity (Wildman–Crippen MR) is 147 cm³/mol. The Kier molecular flexibility index (Phi) is 7.02. The molecule has 2 N–H and O–H groups in total. The van der Waals surface area contributed by atoms with Gasteiger partial charge in [-0.15, -0.1) is 0 Å². The molecule has 0 unspecified atom stereocenters. The molecule has 2 bridgehead atoms. The molecule has 0 saturated heterocycles. The van der Waals surface area contributed by atoms with Crippen LogP contribution in [-0.4, -0.2) is 36.1 Å². The number of carboxylic acids is 1. The molecule has 0 spiro atoms. The van der Waals surface area contributed by atoms with E-state index >= 15 is 4.39 Å². The Morgan fingerprint density at radius 2 is 1.89 bits per heavy atom. The van der Waals surface area contributed by atoms with Gasteiger partial charge in [-0.3, -0.25) is 9.78 Å². The summed E-state index contributed by atoms with van der Waals surface area (Å²) in [4.78, 5) is 30.4. The fraction of sp³-hybridized carbons (Fsp3) is 0.323. The van der Waals surface area contributed by atoms with Gasteiger partial charge in [0.2, 0.25) is 5.91 Å². The van der Waals surface area contributed by atoms with E-state index in [0.29, 0.717) is 29.2 Å². The Morgan fingerprint density at radius 1 is 1.13 bits per heavy atom. The minimum Gasteiger partial charge on any atom is -0.478 e. The van der Waals surface area contributed by atoms with Crippen molar-refractivity contribution in [2.24, 2.45) is 17.3 Å². The summed E-state index contributed by atoms with van der Waals surface area (Å²) in [7, 11) is 3.97. The Hall–Kier alpha value is -4.00. The minimum absolute atomic E-state index is 0.0774. The van der Waals surface area contributed by atoms with Crippen LogP contribution in [0.2, 0.25) is 0 Å². The van der Waals surface area contributed by atoms with Crippen LogP contribution < -0.4 is 10.2 Å². The van der Waals surface area contributed by atoms with Gasteiger partial charge >= 0.3 is 5.97 Å². The highest BCUT2D eigenvalue weighted by Gasteiger charge is 2.54. The third-order valence-electron chi connectivity index (χ3n) is 8.13. The fourth-order valence-corrected chi connectivity index (χ4v) is 6.26. The van der Waals surface area contributed by atoms with E-state index in [2.05, 4.69) is 10.3 Å². The summed E-state index contributed by atoms with van der Waals surface area (Å²) in [5.74, 6) is -1.09. The molecule has 1 amide bonds. The highest BCUT2D eigenvalue weighted by Crippen LogP contribution is 2.59. The molecule has 3 aromatic rings. The van der Waals surface area contributed by atoms with Crippen molar-refractivity contribution in [1.29, 1.82) is 0 Å². The lowest BCUT2D eigenvalue weighted by Gasteiger charge is -2.34. The number of nitrogens with zero attached hydrogens (tertiary/aromatic N) is 2. The van der Waals surface area contributed by atoms with Crippen molar-refractivity contribution in [1.82, 2.24) is 4.98 Å². The fourth-order valence-electron chi connectivity index (χ4n) is 6.26. The van der Waals surface area contributed by atoms with Gasteiger partial charge in [-0.1, -0.05) is 24.3 Å². The first-order chi connectivity index (χ1) is 18.2. The van der Waals surface area contributed by atoms with Crippen LogP contribution in [0.5, 0.6) is 0 Å². The van der Waals surface area contributed by atoms with Gasteiger partial charge in [0.1, 0.15) is 5.82 Å². The molecule has 2 aliphatic carbocycles. The number of pyridine rings is 1. The number of fused-ring (bicyclic) bond motifs is 2. The molecule has 0 aliphatic heterocycles. The van der Waals surface area contributed by atoms with Gasteiger partial charge in [-0.2, -0.15) is 0 Å². The Balaban J connectivity index is 1.32. The standard InChI is InChI=1S/C31H32FN3O3/c1-35(2)26-8-6-22(7-9-26)23-4-5-24(28(32)15-23)17-31-12-11-20(16-31)14-27(31)30(38)34-25-13-21(18-33-19-25)3-10-29(36)37/h3-10,13,15,18-20,27H,11-12,14,16-17H2,1-2H3,(H,34,38)(H,36,37)/b10-3+/t20-,27+,31+/m1/s1. The van der Waals surface area contributed by atoms with E-state index in [1.165, 1.54) is 12.3 Å². The number of amides is 1. The summed E-state index contributed by atoms with van der Waals surface area (Å²) in [6.45, 7) is 0. The number of nitrogens with one attached hydrogen (secondary N) is 1. The van der Waals surface area contributed by atoms with Crippen molar-refractivity contribution >= 4 is 29.3 Å². The van der Waals surface area contributed by atoms with Crippen LogP contribution in [0.3, 0.4) is 0 Å². The number of rotatable bonds is 8. The predicted octanol–water partition coefficient (Wildman–Crippen LogP) is 6.04. The van der Waals surface area contributed by atoms with E-state index in [-0.39, 0.29) is 23.1 Å². The molecule has 0 radical (unpaired) electrons. The van der Waals surface area contributed by atoms with Crippen molar-refractivity contribution in [3.63, 3.8) is 0 Å². The molecule has 2 fully saturated rings. The molecule has 38 heavy (non-hydrogen) atoms. The molecule has 7 heteroatoms. The zero-order valence-corrected chi connectivity index (χ0v) is 21.7. The highest BCUT2D eigenvalue weighted by atomic mass is 19.1. The van der Waals surface area contributed by atoms with Crippen LogP contribution in [0.25, 0.3) is 17.2 Å². The molecule has 5 rings (SSSR count). The van der Waals surface area contributed by atoms with Gasteiger partial charge in [0.05, 0.1) is 11.9 Å². The van der Waals surface area contributed by atoms with Crippen molar-refractivity contribution < 1.29 is 19.1 Å². The normalized spacial score (nSPS) is 22.1. The topological polar surface area (TPSA) is 82.5 Å². The SMILES string of the molecule is CN(C)c1ccc(-c2ccc(C[C@@]34CC[C@H](C[C@H]3C(=O)Nc3cncc(/C=C/C(=O)O)c3)C4)c(F)c2)cc1. The number of hydrogen-bond acceptors (Lipinski definition) is 4. The summed E-state index contributed by atoms with van der Waals surface area (Å²) in [5.41, 5.74) is 4.39. The highest BCUT2D eigenvalue weighted by molar-refractivity contribution is 5.94. The van der Waals surface area contributed by atoms with Crippen molar-refractivity contribution in [2.45, 2.75) is 32.1 Å². The number of halogens is 1. The van der Waals surface area contributed by atoms with Gasteiger partial charge < -0.3 is 15.3 Å². The molecule has 196 valence electrons. The van der Waals surface area contributed by atoms with Crippen LogP contribution in [-0.2, 0) is 16.0 Å². The monoisotopic (exact) mass is 513 g/mol. The number of benzene rings is 2. The largest absolute Gasteiger partial charge is 0.478 e. The maximum atomic E-state index is 15.4. The zero-order chi connectivity index (χ0) is 26.9. The molecule has 2 aliphatic rings. The number of aromatic nitrogens is 1. The van der Waals surface area contributed by atoms with Gasteiger partial charge in [0.25, 0.3) is 0 Å². The molecule has 1 aromatic heterocycles. The summed E-state index contributed by atoms with van der Waals surface area (Å²) in [5, 5.41) is 11.8. The molecular weight excluding hydrogens is 481 g/mol. The van der Waals surface area contributed by atoms with Gasteiger partial charge in [-0.05, 0) is 96.0 Å². The molecule has 2 saturated carbocycles. The summed E-state index contributed by atoms with van der Waals surface area (Å²) in [6, 6.07) is 15.2. The van der Waals surface area contributed by atoms with Crippen LogP contribution in [0.1, 0.15) is 36.8 Å². The van der Waals surface area contributed by atoms with E-state index in [4.69, 9.17) is 5.11 Å². The summed E-state index contributed by atoms with van der Waals surface area (Å²) >= 11 is 0. The third kappa shape index (κ3) is 5.32. The second kappa shape index (κ2) is 10.4. The lowest BCUT2D eigenvalue weighted by molar-refractivity contribution is -0.131. The lowest BCUT2D eigenvalue weighted by Crippen LogP contribution is -2.37. The molecule has 2 aromatic carbocycles. The van der Waals surface area contributed by atoms with Gasteiger partial charge in [0, 0.05) is 38.0 Å². The van der Waals surface area contributed by atoms with E-state index in [1.54, 1.807) is 18.3 Å². The number of anilines is 2. The van der Waals surface area contributed by atoms with E-state index in [1.807, 2.05) is 55.4 Å². The van der Waals surface area contributed by atoms with Crippen LogP contribution in [0.4, 0.5) is 15.8 Å². The van der Waals surface area contributed by atoms with Crippen LogP contribution in [0, 0.1) is 23.1 Å². The first kappa shape index (κ1) is 25.6. The number of carboxylic acid groups (broad SMARTS) is 1. The van der Waals surface area contributed by atoms with E-state index in [9.17, 15) is 9.59 Å². The average molecular weight is 514 g/mol. The number of carbonyl (C=O) groups is 2. The smallest absolute Gasteiger partial charge is 0.328 e. The zero-order valence-electron chi connectivity index (χ0n) is 21.7. The van der Waals surface area contributed by atoms with Crippen molar-refractivity contribution in [3.05, 3.63) is 83.9 Å². The quantitative estimate of drug-likeness (QED) is 0.359. The number of carbonyl (C=O) groups excluding carboxylic acids is 1. The number of aliphatic carboxylic acids is 1. The molecule has 1 heterocycles. The summed E-state index contributed by atoms with van der Waals surface area (Å²) < 4.78 is 15.4.